The van der Waals surface area contributed by atoms with Gasteiger partial charge in [-0.1, -0.05) is 28.9 Å². The molecule has 3 N–H and O–H groups in total. The second-order valence-electron chi connectivity index (χ2n) is 3.34. The summed E-state index contributed by atoms with van der Waals surface area (Å²) in [6.07, 6.45) is 0. The highest BCUT2D eigenvalue weighted by molar-refractivity contribution is 6.31. The fourth-order valence-corrected chi connectivity index (χ4v) is 1.44. The third-order valence-corrected chi connectivity index (χ3v) is 2.50. The summed E-state index contributed by atoms with van der Waals surface area (Å²) in [7, 11) is 1.61. The smallest absolute Gasteiger partial charge is 0.170 e. The molecule has 0 unspecified atom stereocenters. The van der Waals surface area contributed by atoms with E-state index in [0.717, 1.165) is 5.56 Å². The Kier molecular flexibility index (Phi) is 5.76. The van der Waals surface area contributed by atoms with Gasteiger partial charge >= 0.3 is 0 Å². The Morgan fingerprint density at radius 3 is 2.82 bits per heavy atom. The number of oxime groups is 1. The number of halogens is 1. The summed E-state index contributed by atoms with van der Waals surface area (Å²) in [5.41, 5.74) is 6.86. The van der Waals surface area contributed by atoms with Crippen LogP contribution in [0.4, 0.5) is 0 Å². The van der Waals surface area contributed by atoms with E-state index in [2.05, 4.69) is 5.16 Å². The average Bonchev–Trinajstić information content (AvgIpc) is 2.35. The van der Waals surface area contributed by atoms with Gasteiger partial charge in [0.05, 0.1) is 19.8 Å². The van der Waals surface area contributed by atoms with Gasteiger partial charge in [-0.05, 0) is 11.6 Å². The predicted molar refractivity (Wildman–Crippen MR) is 65.5 cm³/mol. The molecule has 17 heavy (non-hydrogen) atoms. The molecule has 5 nitrogen and oxygen atoms in total. The first-order valence-electron chi connectivity index (χ1n) is 5.02. The maximum absolute atomic E-state index is 8.53. The monoisotopic (exact) mass is 258 g/mol. The first-order valence-corrected chi connectivity index (χ1v) is 5.40. The number of nitrogens with two attached hydrogens (primary N) is 1. The summed E-state index contributed by atoms with van der Waals surface area (Å²) < 4.78 is 10.2. The molecule has 0 bridgehead atoms. The molecule has 0 heterocycles. The Hall–Kier alpha value is -1.30. The first kappa shape index (κ1) is 13.8. The van der Waals surface area contributed by atoms with Crippen molar-refractivity contribution in [1.29, 1.82) is 0 Å². The van der Waals surface area contributed by atoms with Crippen LogP contribution in [0.25, 0.3) is 0 Å². The number of methoxy groups -OCH3 is 1. The molecule has 0 spiro atoms. The molecular weight excluding hydrogens is 244 g/mol. The topological polar surface area (TPSA) is 77.1 Å². The Balaban J connectivity index is 2.63. The maximum Gasteiger partial charge on any atom is 0.170 e. The van der Waals surface area contributed by atoms with E-state index < -0.39 is 0 Å². The van der Waals surface area contributed by atoms with E-state index in [1.807, 2.05) is 0 Å². The molecule has 0 aliphatic heterocycles. The van der Waals surface area contributed by atoms with E-state index in [1.165, 1.54) is 0 Å². The minimum atomic E-state index is 0.0266. The molecule has 1 rings (SSSR count). The summed E-state index contributed by atoms with van der Waals surface area (Å²) in [4.78, 5) is 0. The minimum absolute atomic E-state index is 0.0266. The largest absolute Gasteiger partial charge is 0.409 e. The van der Waals surface area contributed by atoms with Crippen molar-refractivity contribution in [2.75, 3.05) is 20.3 Å². The number of rotatable bonds is 6. The van der Waals surface area contributed by atoms with Crippen molar-refractivity contribution in [1.82, 2.24) is 0 Å². The zero-order valence-electron chi connectivity index (χ0n) is 9.52. The van der Waals surface area contributed by atoms with E-state index in [4.69, 9.17) is 32.0 Å². The van der Waals surface area contributed by atoms with E-state index >= 15 is 0 Å². The number of ether oxygens (including phenoxy) is 2. The van der Waals surface area contributed by atoms with Gasteiger partial charge in [-0.2, -0.15) is 0 Å². The lowest BCUT2D eigenvalue weighted by molar-refractivity contribution is 0.0617. The molecule has 94 valence electrons. The third-order valence-electron chi connectivity index (χ3n) is 2.15. The van der Waals surface area contributed by atoms with Gasteiger partial charge in [-0.3, -0.25) is 0 Å². The van der Waals surface area contributed by atoms with Crippen LogP contribution in [0.1, 0.15) is 11.1 Å². The van der Waals surface area contributed by atoms with Crippen molar-refractivity contribution in [3.05, 3.63) is 34.3 Å². The standard InChI is InChI=1S/C11H15ClN2O3/c1-16-4-5-17-7-9-3-2-8(6-10(9)12)11(13)14-15/h2-3,6,15H,4-5,7H2,1H3,(H2,13,14). The van der Waals surface area contributed by atoms with E-state index in [0.29, 0.717) is 30.4 Å². The van der Waals surface area contributed by atoms with Crippen molar-refractivity contribution in [2.45, 2.75) is 6.61 Å². The molecule has 0 aliphatic carbocycles. The molecule has 1 aromatic carbocycles. The van der Waals surface area contributed by atoms with Gasteiger partial charge in [0, 0.05) is 17.7 Å². The molecule has 0 saturated carbocycles. The van der Waals surface area contributed by atoms with E-state index in [9.17, 15) is 0 Å². The highest BCUT2D eigenvalue weighted by Gasteiger charge is 2.05. The van der Waals surface area contributed by atoms with Crippen LogP contribution >= 0.6 is 11.6 Å². The van der Waals surface area contributed by atoms with Crippen molar-refractivity contribution in [2.24, 2.45) is 10.9 Å². The highest BCUT2D eigenvalue weighted by Crippen LogP contribution is 2.18. The van der Waals surface area contributed by atoms with Gasteiger partial charge in [0.2, 0.25) is 0 Å². The van der Waals surface area contributed by atoms with Gasteiger partial charge < -0.3 is 20.4 Å². The second kappa shape index (κ2) is 7.11. The number of benzene rings is 1. The molecule has 0 radical (unpaired) electrons. The van der Waals surface area contributed by atoms with Gasteiger partial charge in [0.25, 0.3) is 0 Å². The van der Waals surface area contributed by atoms with Crippen molar-refractivity contribution in [3.63, 3.8) is 0 Å². The highest BCUT2D eigenvalue weighted by atomic mass is 35.5. The summed E-state index contributed by atoms with van der Waals surface area (Å²) in [6, 6.07) is 5.13. The molecule has 0 aliphatic rings. The van der Waals surface area contributed by atoms with Crippen LogP contribution < -0.4 is 5.73 Å². The Bertz CT molecular complexity index is 396. The van der Waals surface area contributed by atoms with Crippen LogP contribution in [-0.4, -0.2) is 31.4 Å². The zero-order chi connectivity index (χ0) is 12.7. The molecule has 0 amide bonds. The zero-order valence-corrected chi connectivity index (χ0v) is 10.3. The van der Waals surface area contributed by atoms with Crippen molar-refractivity contribution >= 4 is 17.4 Å². The van der Waals surface area contributed by atoms with Gasteiger partial charge in [0.15, 0.2) is 5.84 Å². The van der Waals surface area contributed by atoms with Gasteiger partial charge in [0.1, 0.15) is 0 Å². The SMILES string of the molecule is COCCOCc1ccc(/C(N)=N/O)cc1Cl. The molecule has 0 atom stereocenters. The number of amidine groups is 1. The predicted octanol–water partition coefficient (Wildman–Crippen LogP) is 1.60. The Morgan fingerprint density at radius 1 is 1.47 bits per heavy atom. The van der Waals surface area contributed by atoms with Crippen LogP contribution in [-0.2, 0) is 16.1 Å². The van der Waals surface area contributed by atoms with Crippen molar-refractivity contribution in [3.8, 4) is 0 Å². The van der Waals surface area contributed by atoms with Crippen LogP contribution in [0.15, 0.2) is 23.4 Å². The molecule has 0 aromatic heterocycles. The fourth-order valence-electron chi connectivity index (χ4n) is 1.21. The van der Waals surface area contributed by atoms with Gasteiger partial charge in [-0.25, -0.2) is 0 Å². The third kappa shape index (κ3) is 4.22. The summed E-state index contributed by atoms with van der Waals surface area (Å²) in [5, 5.41) is 12.0. The second-order valence-corrected chi connectivity index (χ2v) is 3.74. The number of nitrogens with zero attached hydrogens (tertiary/aromatic N) is 1. The summed E-state index contributed by atoms with van der Waals surface area (Å²) >= 11 is 6.04. The lowest BCUT2D eigenvalue weighted by atomic mass is 10.1. The lowest BCUT2D eigenvalue weighted by Gasteiger charge is -2.07. The first-order chi connectivity index (χ1) is 8.19. The molecule has 0 saturated heterocycles. The normalized spacial score (nSPS) is 11.8. The van der Waals surface area contributed by atoms with E-state index in [1.54, 1.807) is 25.3 Å². The lowest BCUT2D eigenvalue weighted by Crippen LogP contribution is -2.13. The van der Waals surface area contributed by atoms with Crippen LogP contribution in [0.5, 0.6) is 0 Å². The molecule has 1 aromatic rings. The average molecular weight is 259 g/mol. The van der Waals surface area contributed by atoms with Crippen LogP contribution in [0, 0.1) is 0 Å². The molecule has 6 heteroatoms. The quantitative estimate of drug-likeness (QED) is 0.267. The van der Waals surface area contributed by atoms with Crippen LogP contribution in [0.2, 0.25) is 5.02 Å². The number of hydrogen-bond donors (Lipinski definition) is 2. The Labute approximate surface area is 105 Å². The minimum Gasteiger partial charge on any atom is -0.409 e. The number of hydrogen-bond acceptors (Lipinski definition) is 4. The molecular formula is C11H15ClN2O3. The molecule has 0 fully saturated rings. The maximum atomic E-state index is 8.53. The Morgan fingerprint density at radius 2 is 2.24 bits per heavy atom. The fraction of sp³-hybridized carbons (Fsp3) is 0.364. The van der Waals surface area contributed by atoms with Crippen molar-refractivity contribution < 1.29 is 14.7 Å². The van der Waals surface area contributed by atoms with Crippen LogP contribution in [0.3, 0.4) is 0 Å². The van der Waals surface area contributed by atoms with Gasteiger partial charge in [-0.15, -0.1) is 0 Å². The van der Waals surface area contributed by atoms with E-state index in [-0.39, 0.29) is 5.84 Å². The summed E-state index contributed by atoms with van der Waals surface area (Å²) in [6.45, 7) is 1.45. The summed E-state index contributed by atoms with van der Waals surface area (Å²) in [5.74, 6) is 0.0266.